The largest absolute Gasteiger partial charge is 0.481 e. The molecule has 2 saturated heterocycles. The summed E-state index contributed by atoms with van der Waals surface area (Å²) in [6.45, 7) is 6.69. The van der Waals surface area contributed by atoms with Crippen LogP contribution in [0.1, 0.15) is 32.3 Å². The summed E-state index contributed by atoms with van der Waals surface area (Å²) in [5, 5.41) is 8.48. The van der Waals surface area contributed by atoms with Gasteiger partial charge in [-0.25, -0.2) is 14.8 Å². The van der Waals surface area contributed by atoms with Gasteiger partial charge in [-0.3, -0.25) is 10.1 Å². The van der Waals surface area contributed by atoms with Crippen LogP contribution in [-0.2, 0) is 11.3 Å². The second kappa shape index (κ2) is 10.1. The van der Waals surface area contributed by atoms with E-state index in [0.29, 0.717) is 12.4 Å². The van der Waals surface area contributed by atoms with Crippen molar-refractivity contribution in [3.63, 3.8) is 0 Å². The van der Waals surface area contributed by atoms with E-state index in [2.05, 4.69) is 25.8 Å². The van der Waals surface area contributed by atoms with E-state index in [1.54, 1.807) is 13.3 Å². The van der Waals surface area contributed by atoms with Crippen LogP contribution < -0.4 is 20.7 Å². The molecule has 0 radical (unpaired) electrons. The Morgan fingerprint density at radius 3 is 2.62 bits per heavy atom. The standard InChI is InChI=1S/C19H28N6O3.HI/c1-4-20-17(22-12-13-5-6-15(28-3)21-11-13)25-9-7-14(8-10-25)19(2)16(26)23-18(27)24-19;/h5-6,11,14H,4,7-10,12H2,1-3H3,(H,20,22)(H2,23,24,26,27);1H. The first-order chi connectivity index (χ1) is 13.5. The molecule has 0 aromatic carbocycles. The maximum absolute atomic E-state index is 12.2. The number of nitrogens with zero attached hydrogens (tertiary/aromatic N) is 3. The van der Waals surface area contributed by atoms with Crippen LogP contribution in [0.3, 0.4) is 0 Å². The molecular formula is C19H29IN6O3. The van der Waals surface area contributed by atoms with Crippen LogP contribution in [0.5, 0.6) is 5.88 Å². The van der Waals surface area contributed by atoms with Crippen LogP contribution in [0.4, 0.5) is 4.79 Å². The molecule has 1 unspecified atom stereocenters. The maximum atomic E-state index is 12.2. The highest BCUT2D eigenvalue weighted by Gasteiger charge is 2.48. The minimum atomic E-state index is -0.826. The summed E-state index contributed by atoms with van der Waals surface area (Å²) in [6, 6.07) is 3.37. The molecule has 2 fully saturated rings. The molecule has 10 heteroatoms. The molecule has 9 nitrogen and oxygen atoms in total. The zero-order chi connectivity index (χ0) is 20.1. The van der Waals surface area contributed by atoms with Gasteiger partial charge in [0, 0.05) is 31.9 Å². The minimum Gasteiger partial charge on any atom is -0.481 e. The van der Waals surface area contributed by atoms with Gasteiger partial charge in [0.1, 0.15) is 5.54 Å². The fourth-order valence-corrected chi connectivity index (χ4v) is 3.73. The molecule has 1 aromatic heterocycles. The number of hydrogen-bond acceptors (Lipinski definition) is 5. The second-order valence-corrected chi connectivity index (χ2v) is 7.25. The Bertz CT molecular complexity index is 749. The molecule has 3 N–H and O–H groups in total. The van der Waals surface area contributed by atoms with Gasteiger partial charge in [0.2, 0.25) is 5.88 Å². The number of aromatic nitrogens is 1. The van der Waals surface area contributed by atoms with Crippen molar-refractivity contribution in [1.82, 2.24) is 25.8 Å². The summed E-state index contributed by atoms with van der Waals surface area (Å²) >= 11 is 0. The molecule has 1 aromatic rings. The van der Waals surface area contributed by atoms with Crippen molar-refractivity contribution in [2.45, 2.75) is 38.8 Å². The Labute approximate surface area is 188 Å². The molecule has 2 aliphatic rings. The van der Waals surface area contributed by atoms with E-state index < -0.39 is 11.6 Å². The van der Waals surface area contributed by atoms with Crippen molar-refractivity contribution in [3.05, 3.63) is 23.9 Å². The number of aliphatic imine (C=N–C) groups is 1. The van der Waals surface area contributed by atoms with Gasteiger partial charge in [-0.1, -0.05) is 6.07 Å². The first-order valence-corrected chi connectivity index (χ1v) is 9.62. The van der Waals surface area contributed by atoms with E-state index in [-0.39, 0.29) is 35.8 Å². The van der Waals surface area contributed by atoms with Crippen LogP contribution in [0.2, 0.25) is 0 Å². The number of rotatable bonds is 5. The number of methoxy groups -OCH3 is 1. The van der Waals surface area contributed by atoms with Crippen LogP contribution in [-0.4, -0.2) is 60.1 Å². The lowest BCUT2D eigenvalue weighted by Gasteiger charge is -2.39. The fraction of sp³-hybridized carbons (Fsp3) is 0.579. The molecule has 0 spiro atoms. The van der Waals surface area contributed by atoms with Crippen molar-refractivity contribution < 1.29 is 14.3 Å². The average Bonchev–Trinajstić information content (AvgIpc) is 2.98. The van der Waals surface area contributed by atoms with Gasteiger partial charge in [0.05, 0.1) is 13.7 Å². The number of pyridine rings is 1. The lowest BCUT2D eigenvalue weighted by Crippen LogP contribution is -2.55. The van der Waals surface area contributed by atoms with Gasteiger partial charge in [-0.05, 0) is 38.2 Å². The Morgan fingerprint density at radius 1 is 1.38 bits per heavy atom. The van der Waals surface area contributed by atoms with Gasteiger partial charge in [-0.15, -0.1) is 24.0 Å². The van der Waals surface area contributed by atoms with E-state index >= 15 is 0 Å². The summed E-state index contributed by atoms with van der Waals surface area (Å²) < 4.78 is 5.08. The molecule has 29 heavy (non-hydrogen) atoms. The first kappa shape index (κ1) is 23.2. The van der Waals surface area contributed by atoms with E-state index in [1.807, 2.05) is 26.0 Å². The third-order valence-electron chi connectivity index (χ3n) is 5.44. The predicted molar refractivity (Wildman–Crippen MR) is 120 cm³/mol. The smallest absolute Gasteiger partial charge is 0.322 e. The normalized spacial score (nSPS) is 22.6. The highest BCUT2D eigenvalue weighted by atomic mass is 127. The van der Waals surface area contributed by atoms with Gasteiger partial charge in [0.15, 0.2) is 5.96 Å². The third kappa shape index (κ3) is 5.28. The highest BCUT2D eigenvalue weighted by molar-refractivity contribution is 14.0. The summed E-state index contributed by atoms with van der Waals surface area (Å²) in [4.78, 5) is 34.8. The number of hydrogen-bond donors (Lipinski definition) is 3. The van der Waals surface area contributed by atoms with Crippen LogP contribution in [0.25, 0.3) is 0 Å². The molecule has 160 valence electrons. The number of guanidine groups is 1. The highest BCUT2D eigenvalue weighted by Crippen LogP contribution is 2.30. The summed E-state index contributed by atoms with van der Waals surface area (Å²) in [6.07, 6.45) is 3.37. The van der Waals surface area contributed by atoms with Crippen molar-refractivity contribution in [2.24, 2.45) is 10.9 Å². The van der Waals surface area contributed by atoms with Crippen molar-refractivity contribution >= 4 is 41.9 Å². The molecular weight excluding hydrogens is 487 g/mol. The Morgan fingerprint density at radius 2 is 2.10 bits per heavy atom. The van der Waals surface area contributed by atoms with Crippen molar-refractivity contribution in [3.8, 4) is 5.88 Å². The van der Waals surface area contributed by atoms with E-state index in [0.717, 1.165) is 44.0 Å². The second-order valence-electron chi connectivity index (χ2n) is 7.25. The lowest BCUT2D eigenvalue weighted by atomic mass is 9.79. The number of halogens is 1. The summed E-state index contributed by atoms with van der Waals surface area (Å²) in [7, 11) is 1.59. The Kier molecular flexibility index (Phi) is 8.05. The van der Waals surface area contributed by atoms with E-state index in [1.165, 1.54) is 0 Å². The quantitative estimate of drug-likeness (QED) is 0.237. The topological polar surface area (TPSA) is 108 Å². The first-order valence-electron chi connectivity index (χ1n) is 9.62. The number of ether oxygens (including phenoxy) is 1. The number of urea groups is 1. The predicted octanol–water partition coefficient (Wildman–Crippen LogP) is 1.48. The molecule has 2 aliphatic heterocycles. The van der Waals surface area contributed by atoms with Crippen LogP contribution in [0.15, 0.2) is 23.3 Å². The number of carbonyl (C=O) groups excluding carboxylic acids is 2. The van der Waals surface area contributed by atoms with Crippen molar-refractivity contribution in [1.29, 1.82) is 0 Å². The molecule has 3 heterocycles. The third-order valence-corrected chi connectivity index (χ3v) is 5.44. The Hall–Kier alpha value is -2.11. The summed E-state index contributed by atoms with van der Waals surface area (Å²) in [5.41, 5.74) is 0.178. The molecule has 0 saturated carbocycles. The number of imide groups is 1. The molecule has 0 aliphatic carbocycles. The zero-order valence-electron chi connectivity index (χ0n) is 17.0. The van der Waals surface area contributed by atoms with Gasteiger partial charge in [-0.2, -0.15) is 0 Å². The van der Waals surface area contributed by atoms with Gasteiger partial charge < -0.3 is 20.3 Å². The molecule has 0 bridgehead atoms. The Balaban J connectivity index is 0.00000300. The number of piperidine rings is 1. The van der Waals surface area contributed by atoms with Crippen LogP contribution >= 0.6 is 24.0 Å². The number of likely N-dealkylation sites (tertiary alicyclic amines) is 1. The molecule has 1 atom stereocenters. The van der Waals surface area contributed by atoms with Crippen molar-refractivity contribution in [2.75, 3.05) is 26.7 Å². The summed E-state index contributed by atoms with van der Waals surface area (Å²) in [5.74, 6) is 1.30. The SMILES string of the molecule is CCNC(=NCc1ccc(OC)nc1)N1CCC(C2(C)NC(=O)NC2=O)CC1.I. The van der Waals surface area contributed by atoms with E-state index in [4.69, 9.17) is 9.73 Å². The van der Waals surface area contributed by atoms with Crippen LogP contribution in [0, 0.1) is 5.92 Å². The number of carbonyl (C=O) groups is 2. The lowest BCUT2D eigenvalue weighted by molar-refractivity contribution is -0.125. The zero-order valence-corrected chi connectivity index (χ0v) is 19.4. The monoisotopic (exact) mass is 516 g/mol. The molecule has 3 rings (SSSR count). The number of amides is 3. The number of nitrogens with one attached hydrogen (secondary N) is 3. The minimum absolute atomic E-state index is 0. The van der Waals surface area contributed by atoms with Gasteiger partial charge >= 0.3 is 6.03 Å². The van der Waals surface area contributed by atoms with Gasteiger partial charge in [0.25, 0.3) is 5.91 Å². The molecule has 3 amide bonds. The average molecular weight is 516 g/mol. The maximum Gasteiger partial charge on any atom is 0.322 e. The van der Waals surface area contributed by atoms with E-state index in [9.17, 15) is 9.59 Å². The fourth-order valence-electron chi connectivity index (χ4n) is 3.73.